The van der Waals surface area contributed by atoms with Crippen LogP contribution in [0.15, 0.2) is 24.5 Å². The second-order valence-electron chi connectivity index (χ2n) is 5.00. The zero-order valence-corrected chi connectivity index (χ0v) is 12.7. The van der Waals surface area contributed by atoms with Crippen LogP contribution >= 0.6 is 0 Å². The Kier molecular flexibility index (Phi) is 4.92. The largest absolute Gasteiger partial charge is 0.373 e. The van der Waals surface area contributed by atoms with E-state index in [0.29, 0.717) is 12.1 Å². The predicted molar refractivity (Wildman–Crippen MR) is 82.2 cm³/mol. The minimum Gasteiger partial charge on any atom is -0.373 e. The first-order chi connectivity index (χ1) is 10.1. The molecule has 0 aromatic carbocycles. The zero-order valence-electron chi connectivity index (χ0n) is 12.7. The second-order valence-corrected chi connectivity index (χ2v) is 5.00. The molecule has 2 N–H and O–H groups in total. The van der Waals surface area contributed by atoms with Gasteiger partial charge < -0.3 is 10.2 Å². The Morgan fingerprint density at radius 3 is 2.86 bits per heavy atom. The van der Waals surface area contributed by atoms with Gasteiger partial charge in [-0.05, 0) is 18.6 Å². The standard InChI is InChI=1S/C15H21N5O/c1-4-5-13-6-12(7-14(16-2)19-13)15(21)20(3)10-11-8-17-18-9-11/h6-9H,4-5,10H2,1-3H3,(H,16,19)(H,17,18). The molecule has 1 amide bonds. The van der Waals surface area contributed by atoms with Crippen molar-refractivity contribution in [2.45, 2.75) is 26.3 Å². The van der Waals surface area contributed by atoms with Gasteiger partial charge in [0.05, 0.1) is 6.20 Å². The molecule has 0 bridgehead atoms. The topological polar surface area (TPSA) is 73.9 Å². The van der Waals surface area contributed by atoms with Crippen molar-refractivity contribution in [1.82, 2.24) is 20.1 Å². The van der Waals surface area contributed by atoms with Crippen molar-refractivity contribution in [1.29, 1.82) is 0 Å². The Morgan fingerprint density at radius 2 is 2.24 bits per heavy atom. The number of aryl methyl sites for hydroxylation is 1. The number of nitrogens with zero attached hydrogens (tertiary/aromatic N) is 3. The molecule has 0 saturated carbocycles. The molecule has 2 aromatic heterocycles. The third-order valence-electron chi connectivity index (χ3n) is 3.21. The fourth-order valence-electron chi connectivity index (χ4n) is 2.15. The summed E-state index contributed by atoms with van der Waals surface area (Å²) in [5, 5.41) is 9.65. The van der Waals surface area contributed by atoms with Crippen LogP contribution in [0.25, 0.3) is 0 Å². The maximum atomic E-state index is 12.5. The maximum Gasteiger partial charge on any atom is 0.254 e. The molecule has 21 heavy (non-hydrogen) atoms. The minimum absolute atomic E-state index is 0.0209. The van der Waals surface area contributed by atoms with Crippen LogP contribution in [-0.4, -0.2) is 40.1 Å². The number of amides is 1. The highest BCUT2D eigenvalue weighted by molar-refractivity contribution is 5.94. The number of H-pyrrole nitrogens is 1. The number of carbonyl (C=O) groups is 1. The molecule has 0 atom stereocenters. The lowest BCUT2D eigenvalue weighted by Gasteiger charge is -2.17. The summed E-state index contributed by atoms with van der Waals surface area (Å²) in [4.78, 5) is 18.7. The Hall–Kier alpha value is -2.37. The quantitative estimate of drug-likeness (QED) is 0.853. The Balaban J connectivity index is 2.18. The van der Waals surface area contributed by atoms with Gasteiger partial charge in [0, 0.05) is 43.7 Å². The molecule has 112 valence electrons. The van der Waals surface area contributed by atoms with E-state index in [-0.39, 0.29) is 5.91 Å². The summed E-state index contributed by atoms with van der Waals surface area (Å²) in [5.74, 6) is 0.702. The van der Waals surface area contributed by atoms with Gasteiger partial charge >= 0.3 is 0 Å². The summed E-state index contributed by atoms with van der Waals surface area (Å²) in [7, 11) is 3.59. The molecule has 2 rings (SSSR count). The number of rotatable bonds is 6. The smallest absolute Gasteiger partial charge is 0.254 e. The van der Waals surface area contributed by atoms with Crippen molar-refractivity contribution in [2.24, 2.45) is 0 Å². The third-order valence-corrected chi connectivity index (χ3v) is 3.21. The molecule has 0 unspecified atom stereocenters. The number of hydrogen-bond donors (Lipinski definition) is 2. The van der Waals surface area contributed by atoms with Crippen LogP contribution < -0.4 is 5.32 Å². The first-order valence-electron chi connectivity index (χ1n) is 7.06. The number of carbonyl (C=O) groups excluding carboxylic acids is 1. The fraction of sp³-hybridized carbons (Fsp3) is 0.400. The van der Waals surface area contributed by atoms with Gasteiger partial charge in [0.25, 0.3) is 5.91 Å². The summed E-state index contributed by atoms with van der Waals surface area (Å²) < 4.78 is 0. The molecule has 2 aromatic rings. The lowest BCUT2D eigenvalue weighted by Crippen LogP contribution is -2.26. The van der Waals surface area contributed by atoms with E-state index in [2.05, 4.69) is 27.4 Å². The van der Waals surface area contributed by atoms with E-state index in [4.69, 9.17) is 0 Å². The van der Waals surface area contributed by atoms with E-state index in [1.807, 2.05) is 13.1 Å². The van der Waals surface area contributed by atoms with E-state index < -0.39 is 0 Å². The number of aromatic amines is 1. The number of anilines is 1. The number of hydrogen-bond acceptors (Lipinski definition) is 4. The first-order valence-corrected chi connectivity index (χ1v) is 7.06. The predicted octanol–water partition coefficient (Wildman–Crippen LogP) is 2.07. The molecule has 6 nitrogen and oxygen atoms in total. The van der Waals surface area contributed by atoms with Crippen LogP contribution in [0.5, 0.6) is 0 Å². The van der Waals surface area contributed by atoms with Crippen molar-refractivity contribution in [2.75, 3.05) is 19.4 Å². The average Bonchev–Trinajstić information content (AvgIpc) is 2.99. The van der Waals surface area contributed by atoms with E-state index in [9.17, 15) is 4.79 Å². The van der Waals surface area contributed by atoms with E-state index in [0.717, 1.165) is 29.9 Å². The van der Waals surface area contributed by atoms with Gasteiger partial charge in [0.2, 0.25) is 0 Å². The summed E-state index contributed by atoms with van der Waals surface area (Å²) in [6.45, 7) is 2.62. The number of nitrogens with one attached hydrogen (secondary N) is 2. The molecule has 0 aliphatic rings. The van der Waals surface area contributed by atoms with Gasteiger partial charge in [-0.15, -0.1) is 0 Å². The van der Waals surface area contributed by atoms with Gasteiger partial charge in [-0.25, -0.2) is 4.98 Å². The molecular weight excluding hydrogens is 266 g/mol. The zero-order chi connectivity index (χ0) is 15.2. The molecule has 0 aliphatic carbocycles. The van der Waals surface area contributed by atoms with E-state index in [1.165, 1.54) is 0 Å². The van der Waals surface area contributed by atoms with Crippen molar-refractivity contribution in [3.05, 3.63) is 41.3 Å². The van der Waals surface area contributed by atoms with Crippen LogP contribution in [0, 0.1) is 0 Å². The molecule has 6 heteroatoms. The molecule has 2 heterocycles. The normalized spacial score (nSPS) is 10.4. The maximum absolute atomic E-state index is 12.5. The molecule has 0 radical (unpaired) electrons. The summed E-state index contributed by atoms with van der Waals surface area (Å²) >= 11 is 0. The summed E-state index contributed by atoms with van der Waals surface area (Å²) in [5.41, 5.74) is 2.57. The Morgan fingerprint density at radius 1 is 1.43 bits per heavy atom. The van der Waals surface area contributed by atoms with Gasteiger partial charge in [0.15, 0.2) is 0 Å². The van der Waals surface area contributed by atoms with Crippen molar-refractivity contribution in [3.63, 3.8) is 0 Å². The van der Waals surface area contributed by atoms with Crippen LogP contribution in [0.2, 0.25) is 0 Å². The SMILES string of the molecule is CCCc1cc(C(=O)N(C)Cc2cn[nH]c2)cc(NC)n1. The molecule has 0 saturated heterocycles. The van der Waals surface area contributed by atoms with Crippen molar-refractivity contribution < 1.29 is 4.79 Å². The minimum atomic E-state index is -0.0209. The molecule has 0 fully saturated rings. The monoisotopic (exact) mass is 287 g/mol. The fourth-order valence-corrected chi connectivity index (χ4v) is 2.15. The lowest BCUT2D eigenvalue weighted by atomic mass is 10.1. The van der Waals surface area contributed by atoms with Crippen molar-refractivity contribution in [3.8, 4) is 0 Å². The average molecular weight is 287 g/mol. The Bertz CT molecular complexity index is 594. The van der Waals surface area contributed by atoms with Gasteiger partial charge in [-0.3, -0.25) is 9.89 Å². The van der Waals surface area contributed by atoms with E-state index >= 15 is 0 Å². The number of aromatic nitrogens is 3. The molecule has 0 aliphatic heterocycles. The summed E-state index contributed by atoms with van der Waals surface area (Å²) in [6, 6.07) is 3.66. The highest BCUT2D eigenvalue weighted by atomic mass is 16.2. The first kappa shape index (κ1) is 15.0. The van der Waals surface area contributed by atoms with Gasteiger partial charge in [-0.1, -0.05) is 13.3 Å². The highest BCUT2D eigenvalue weighted by Gasteiger charge is 2.14. The van der Waals surface area contributed by atoms with E-state index in [1.54, 1.807) is 30.4 Å². The second kappa shape index (κ2) is 6.88. The van der Waals surface area contributed by atoms with Crippen LogP contribution in [-0.2, 0) is 13.0 Å². The third kappa shape index (κ3) is 3.81. The summed E-state index contributed by atoms with van der Waals surface area (Å²) in [6.07, 6.45) is 5.37. The van der Waals surface area contributed by atoms with Gasteiger partial charge in [0.1, 0.15) is 5.82 Å². The Labute approximate surface area is 124 Å². The highest BCUT2D eigenvalue weighted by Crippen LogP contribution is 2.14. The van der Waals surface area contributed by atoms with Crippen LogP contribution in [0.4, 0.5) is 5.82 Å². The lowest BCUT2D eigenvalue weighted by molar-refractivity contribution is 0.0785. The van der Waals surface area contributed by atoms with Crippen LogP contribution in [0.3, 0.4) is 0 Å². The number of pyridine rings is 1. The van der Waals surface area contributed by atoms with Crippen molar-refractivity contribution >= 4 is 11.7 Å². The van der Waals surface area contributed by atoms with Gasteiger partial charge in [-0.2, -0.15) is 5.10 Å². The molecule has 0 spiro atoms. The molecular formula is C15H21N5O. The van der Waals surface area contributed by atoms with Crippen LogP contribution in [0.1, 0.15) is 35.0 Å².